The lowest BCUT2D eigenvalue weighted by atomic mass is 10.2. The molecule has 34 heavy (non-hydrogen) atoms. The maximum Gasteiger partial charge on any atom is 0.343 e. The number of amides is 1. The molecular formula is C25H27ClN4O4. The number of aromatic nitrogens is 2. The third-order valence-electron chi connectivity index (χ3n) is 5.84. The van der Waals surface area contributed by atoms with Crippen molar-refractivity contribution in [2.75, 3.05) is 44.8 Å². The van der Waals surface area contributed by atoms with Crippen LogP contribution in [0.5, 0.6) is 5.75 Å². The predicted octanol–water partition coefficient (Wildman–Crippen LogP) is 3.41. The Bertz CT molecular complexity index is 1140. The molecule has 0 spiro atoms. The van der Waals surface area contributed by atoms with E-state index >= 15 is 0 Å². The molecule has 1 amide bonds. The van der Waals surface area contributed by atoms with Gasteiger partial charge in [-0.3, -0.25) is 4.79 Å². The first-order chi connectivity index (χ1) is 16.5. The van der Waals surface area contributed by atoms with Crippen LogP contribution in [0.4, 0.5) is 5.69 Å². The summed E-state index contributed by atoms with van der Waals surface area (Å²) in [5.41, 5.74) is 2.74. The first kappa shape index (κ1) is 23.6. The van der Waals surface area contributed by atoms with Gasteiger partial charge in [-0.1, -0.05) is 41.9 Å². The summed E-state index contributed by atoms with van der Waals surface area (Å²) in [5, 5.41) is 4.57. The van der Waals surface area contributed by atoms with Gasteiger partial charge in [0.05, 0.1) is 19.3 Å². The van der Waals surface area contributed by atoms with E-state index in [-0.39, 0.29) is 23.2 Å². The van der Waals surface area contributed by atoms with Crippen LogP contribution in [0, 0.1) is 6.92 Å². The molecule has 1 aliphatic rings. The molecule has 0 saturated carbocycles. The Morgan fingerprint density at radius 3 is 2.32 bits per heavy atom. The molecule has 8 nitrogen and oxygen atoms in total. The molecule has 0 unspecified atom stereocenters. The van der Waals surface area contributed by atoms with Crippen LogP contribution < -0.4 is 9.64 Å². The highest BCUT2D eigenvalue weighted by Crippen LogP contribution is 2.23. The van der Waals surface area contributed by atoms with Gasteiger partial charge >= 0.3 is 5.97 Å². The molecule has 0 N–H and O–H groups in total. The number of hydrogen-bond acceptors (Lipinski definition) is 6. The van der Waals surface area contributed by atoms with E-state index < -0.39 is 5.97 Å². The average Bonchev–Trinajstić information content (AvgIpc) is 3.15. The van der Waals surface area contributed by atoms with Gasteiger partial charge in [0.25, 0.3) is 5.91 Å². The summed E-state index contributed by atoms with van der Waals surface area (Å²) in [4.78, 5) is 29.2. The van der Waals surface area contributed by atoms with Crippen LogP contribution in [-0.2, 0) is 16.1 Å². The van der Waals surface area contributed by atoms with Gasteiger partial charge in [0.2, 0.25) is 0 Å². The van der Waals surface area contributed by atoms with Gasteiger partial charge in [0, 0.05) is 31.9 Å². The minimum absolute atomic E-state index is 0.190. The number of anilines is 1. The zero-order valence-corrected chi connectivity index (χ0v) is 20.0. The Hall–Kier alpha value is -3.52. The maximum absolute atomic E-state index is 12.7. The number of hydrogen-bond donors (Lipinski definition) is 0. The average molecular weight is 483 g/mol. The van der Waals surface area contributed by atoms with Crippen molar-refractivity contribution < 1.29 is 19.1 Å². The highest BCUT2D eigenvalue weighted by atomic mass is 35.5. The Labute approximate surface area is 203 Å². The quantitative estimate of drug-likeness (QED) is 0.480. The number of carbonyl (C=O) groups is 2. The van der Waals surface area contributed by atoms with Crippen LogP contribution >= 0.6 is 11.6 Å². The van der Waals surface area contributed by atoms with Gasteiger partial charge in [0.1, 0.15) is 16.5 Å². The van der Waals surface area contributed by atoms with Crippen molar-refractivity contribution in [1.29, 1.82) is 0 Å². The molecule has 0 bridgehead atoms. The molecule has 1 saturated heterocycles. The maximum atomic E-state index is 12.7. The van der Waals surface area contributed by atoms with E-state index in [1.54, 1.807) is 23.6 Å². The van der Waals surface area contributed by atoms with Crippen molar-refractivity contribution in [1.82, 2.24) is 14.7 Å². The van der Waals surface area contributed by atoms with E-state index in [0.717, 1.165) is 17.0 Å². The minimum Gasteiger partial charge on any atom is -0.497 e. The minimum atomic E-state index is -0.646. The fourth-order valence-corrected chi connectivity index (χ4v) is 4.26. The second-order valence-electron chi connectivity index (χ2n) is 8.04. The lowest BCUT2D eigenvalue weighted by Crippen LogP contribution is -2.49. The first-order valence-corrected chi connectivity index (χ1v) is 11.4. The number of nitrogens with zero attached hydrogens (tertiary/aromatic N) is 4. The number of rotatable bonds is 7. The first-order valence-electron chi connectivity index (χ1n) is 11.1. The Morgan fingerprint density at radius 1 is 1.00 bits per heavy atom. The standard InChI is InChI=1S/C25H27ClN4O4/c1-18-23(24(26)30(27-18)16-19-6-4-3-5-7-19)25(32)34-17-22(31)29-14-12-28(13-15-29)20-8-10-21(33-2)11-9-20/h3-11H,12-17H2,1-2H3. The van der Waals surface area contributed by atoms with Crippen molar-refractivity contribution in [2.24, 2.45) is 0 Å². The fourth-order valence-electron chi connectivity index (χ4n) is 3.94. The summed E-state index contributed by atoms with van der Waals surface area (Å²) in [5.74, 6) is -0.0689. The number of halogens is 1. The summed E-state index contributed by atoms with van der Waals surface area (Å²) < 4.78 is 12.1. The van der Waals surface area contributed by atoms with Crippen LogP contribution in [-0.4, -0.2) is 66.5 Å². The van der Waals surface area contributed by atoms with Crippen LogP contribution in [0.2, 0.25) is 5.15 Å². The smallest absolute Gasteiger partial charge is 0.343 e. The monoisotopic (exact) mass is 482 g/mol. The summed E-state index contributed by atoms with van der Waals surface area (Å²) in [6.07, 6.45) is 0. The van der Waals surface area contributed by atoms with Crippen LogP contribution in [0.15, 0.2) is 54.6 Å². The second-order valence-corrected chi connectivity index (χ2v) is 8.39. The van der Waals surface area contributed by atoms with Crippen LogP contribution in [0.25, 0.3) is 0 Å². The Balaban J connectivity index is 1.30. The summed E-state index contributed by atoms with van der Waals surface area (Å²) in [6, 6.07) is 17.5. The molecule has 0 radical (unpaired) electrons. The second kappa shape index (κ2) is 10.6. The fraction of sp³-hybridized carbons (Fsp3) is 0.320. The lowest BCUT2D eigenvalue weighted by molar-refractivity contribution is -0.134. The van der Waals surface area contributed by atoms with Gasteiger partial charge in [-0.05, 0) is 36.8 Å². The molecule has 2 aromatic carbocycles. The number of piperazine rings is 1. The number of methoxy groups -OCH3 is 1. The highest BCUT2D eigenvalue weighted by Gasteiger charge is 2.25. The van der Waals surface area contributed by atoms with Crippen LogP contribution in [0.3, 0.4) is 0 Å². The van der Waals surface area contributed by atoms with Gasteiger partial charge < -0.3 is 19.3 Å². The van der Waals surface area contributed by atoms with Crippen molar-refractivity contribution >= 4 is 29.2 Å². The topological polar surface area (TPSA) is 76.9 Å². The SMILES string of the molecule is COc1ccc(N2CCN(C(=O)COC(=O)c3c(C)nn(Cc4ccccc4)c3Cl)CC2)cc1. The van der Waals surface area contributed by atoms with Gasteiger partial charge in [-0.25, -0.2) is 9.48 Å². The third-order valence-corrected chi connectivity index (χ3v) is 6.23. The molecular weight excluding hydrogens is 456 g/mol. The highest BCUT2D eigenvalue weighted by molar-refractivity contribution is 6.32. The molecule has 2 heterocycles. The molecule has 1 aliphatic heterocycles. The summed E-state index contributed by atoms with van der Waals surface area (Å²) >= 11 is 6.42. The molecule has 1 aromatic heterocycles. The van der Waals surface area contributed by atoms with Gasteiger partial charge in [-0.2, -0.15) is 5.10 Å². The largest absolute Gasteiger partial charge is 0.497 e. The molecule has 9 heteroatoms. The molecule has 4 rings (SSSR count). The predicted molar refractivity (Wildman–Crippen MR) is 130 cm³/mol. The van der Waals surface area contributed by atoms with Crippen molar-refractivity contribution in [3.05, 3.63) is 76.6 Å². The van der Waals surface area contributed by atoms with E-state index in [0.29, 0.717) is 38.4 Å². The zero-order valence-electron chi connectivity index (χ0n) is 19.2. The summed E-state index contributed by atoms with van der Waals surface area (Å²) in [6.45, 7) is 4.30. The number of benzene rings is 2. The van der Waals surface area contributed by atoms with E-state index in [4.69, 9.17) is 21.1 Å². The van der Waals surface area contributed by atoms with Gasteiger partial charge in [0.15, 0.2) is 6.61 Å². The summed E-state index contributed by atoms with van der Waals surface area (Å²) in [7, 11) is 1.64. The molecule has 3 aromatic rings. The molecule has 0 atom stereocenters. The number of carbonyl (C=O) groups excluding carboxylic acids is 2. The Morgan fingerprint density at radius 2 is 1.68 bits per heavy atom. The van der Waals surface area contributed by atoms with E-state index in [1.807, 2.05) is 54.6 Å². The van der Waals surface area contributed by atoms with E-state index in [9.17, 15) is 9.59 Å². The van der Waals surface area contributed by atoms with Crippen molar-refractivity contribution in [3.63, 3.8) is 0 Å². The molecule has 1 fully saturated rings. The van der Waals surface area contributed by atoms with Crippen molar-refractivity contribution in [3.8, 4) is 5.75 Å². The van der Waals surface area contributed by atoms with Gasteiger partial charge in [-0.15, -0.1) is 0 Å². The van der Waals surface area contributed by atoms with E-state index in [2.05, 4.69) is 10.00 Å². The van der Waals surface area contributed by atoms with E-state index in [1.165, 1.54) is 0 Å². The normalized spacial score (nSPS) is 13.6. The zero-order chi connectivity index (χ0) is 24.1. The lowest BCUT2D eigenvalue weighted by Gasteiger charge is -2.36. The van der Waals surface area contributed by atoms with Crippen LogP contribution in [0.1, 0.15) is 21.6 Å². The Kier molecular flexibility index (Phi) is 7.37. The molecule has 178 valence electrons. The number of esters is 1. The molecule has 0 aliphatic carbocycles. The third kappa shape index (κ3) is 5.34. The number of aryl methyl sites for hydroxylation is 1. The van der Waals surface area contributed by atoms with Crippen molar-refractivity contribution in [2.45, 2.75) is 13.5 Å². The number of ether oxygens (including phenoxy) is 2.